The first-order valence-electron chi connectivity index (χ1n) is 14.2. The lowest BCUT2D eigenvalue weighted by Gasteiger charge is -2.51. The Hall–Kier alpha value is -1.15. The highest BCUT2D eigenvalue weighted by Gasteiger charge is 2.55. The second-order valence-corrected chi connectivity index (χ2v) is 11.6. The summed E-state index contributed by atoms with van der Waals surface area (Å²) in [5.41, 5.74) is -0.363. The molecule has 2 saturated heterocycles. The van der Waals surface area contributed by atoms with Crippen LogP contribution in [-0.4, -0.2) is 112 Å². The average Bonchev–Trinajstić information content (AvgIpc) is 2.93. The van der Waals surface area contributed by atoms with Crippen molar-refractivity contribution in [2.75, 3.05) is 41.8 Å². The summed E-state index contributed by atoms with van der Waals surface area (Å²) in [7, 11) is 6.03. The summed E-state index contributed by atoms with van der Waals surface area (Å²) < 4.78 is 40.3. The first-order valence-corrected chi connectivity index (χ1v) is 14.2. The molecule has 2 aliphatic rings. The Balaban J connectivity index is 2.59. The first kappa shape index (κ1) is 35.0. The third-order valence-electron chi connectivity index (χ3n) is 8.62. The van der Waals surface area contributed by atoms with Gasteiger partial charge in [-0.05, 0) is 18.9 Å². The Labute approximate surface area is 239 Å². The van der Waals surface area contributed by atoms with Crippen LogP contribution in [-0.2, 0) is 38.0 Å². The van der Waals surface area contributed by atoms with Gasteiger partial charge in [0.25, 0.3) is 0 Å². The van der Waals surface area contributed by atoms with Gasteiger partial charge in [-0.2, -0.15) is 0 Å². The van der Waals surface area contributed by atoms with Crippen LogP contribution in [0.3, 0.4) is 0 Å². The lowest BCUT2D eigenvalue weighted by molar-refractivity contribution is -0.340. The highest BCUT2D eigenvalue weighted by atomic mass is 16.7. The molecular weight excluding hydrogens is 524 g/mol. The minimum absolute atomic E-state index is 0.0388. The van der Waals surface area contributed by atoms with Crippen LogP contribution in [0.4, 0.5) is 0 Å². The number of fused-ring (bicyclic) bond motifs is 2. The molecule has 0 spiro atoms. The van der Waals surface area contributed by atoms with Gasteiger partial charge >= 0.3 is 5.97 Å². The van der Waals surface area contributed by atoms with E-state index in [1.54, 1.807) is 21.0 Å². The summed E-state index contributed by atoms with van der Waals surface area (Å²) in [6.07, 6.45) is -1.36. The Morgan fingerprint density at radius 1 is 1.07 bits per heavy atom. The summed E-state index contributed by atoms with van der Waals surface area (Å²) >= 11 is 0. The molecule has 9 atom stereocenters. The maximum absolute atomic E-state index is 13.7. The number of carbonyl (C=O) groups excluding carboxylic acids is 1. The molecule has 0 aromatic carbocycles. The highest BCUT2D eigenvalue weighted by Crippen LogP contribution is 2.46. The molecule has 0 aromatic rings. The predicted molar refractivity (Wildman–Crippen MR) is 146 cm³/mol. The van der Waals surface area contributed by atoms with Gasteiger partial charge in [0.1, 0.15) is 12.9 Å². The number of methoxy groups -OCH3 is 4. The Morgan fingerprint density at radius 2 is 1.75 bits per heavy atom. The largest absolute Gasteiger partial charge is 0.456 e. The minimum atomic E-state index is -1.73. The van der Waals surface area contributed by atoms with E-state index in [0.717, 1.165) is 5.57 Å². The molecule has 11 nitrogen and oxygen atoms in total. The van der Waals surface area contributed by atoms with Crippen LogP contribution >= 0.6 is 0 Å². The van der Waals surface area contributed by atoms with Crippen molar-refractivity contribution in [1.29, 1.82) is 0 Å². The molecule has 2 aliphatic heterocycles. The van der Waals surface area contributed by atoms with Crippen molar-refractivity contribution in [2.45, 2.75) is 115 Å². The van der Waals surface area contributed by atoms with Gasteiger partial charge in [0.15, 0.2) is 11.9 Å². The molecule has 40 heavy (non-hydrogen) atoms. The monoisotopic (exact) mass is 576 g/mol. The van der Waals surface area contributed by atoms with E-state index in [4.69, 9.17) is 33.2 Å². The Morgan fingerprint density at radius 3 is 2.30 bits per heavy atom. The van der Waals surface area contributed by atoms with E-state index in [0.29, 0.717) is 12.8 Å². The van der Waals surface area contributed by atoms with Gasteiger partial charge in [0.2, 0.25) is 0 Å². The van der Waals surface area contributed by atoms with Crippen LogP contribution < -0.4 is 0 Å². The number of ether oxygens (including phenoxy) is 7. The summed E-state index contributed by atoms with van der Waals surface area (Å²) in [5, 5.41) is 33.1. The third-order valence-corrected chi connectivity index (χ3v) is 8.62. The quantitative estimate of drug-likeness (QED) is 0.200. The summed E-state index contributed by atoms with van der Waals surface area (Å²) in [6.45, 7) is 7.13. The summed E-state index contributed by atoms with van der Waals surface area (Å²) in [6, 6.07) is 0. The Bertz CT molecular complexity index is 799. The van der Waals surface area contributed by atoms with Crippen molar-refractivity contribution in [1.82, 2.24) is 0 Å². The number of hydrogen-bond donors (Lipinski definition) is 3. The standard InChI is InChI=1S/C29H52O11/c1-9-19(16-30)10-18(2)23-12-20(35-6)14-25(31)28(3,4)29(33)15-22(36-7)11-21(40-29)13-24(37-8)26(27(32)39-23)38-17-34-5/h10,19-26,30-31,33H,9,11-17H2,1-8H3/b18-10+/t19-,20+,21+,22+,23-,24+,25?,26+,29?/m0/s1. The van der Waals surface area contributed by atoms with E-state index in [9.17, 15) is 20.1 Å². The molecular formula is C29H52O11. The third kappa shape index (κ3) is 8.68. The van der Waals surface area contributed by atoms with E-state index in [-0.39, 0.29) is 51.1 Å². The fourth-order valence-electron chi connectivity index (χ4n) is 5.51. The maximum atomic E-state index is 13.7. The van der Waals surface area contributed by atoms with Gasteiger partial charge in [-0.3, -0.25) is 0 Å². The minimum Gasteiger partial charge on any atom is -0.456 e. The van der Waals surface area contributed by atoms with Crippen LogP contribution in [0.2, 0.25) is 0 Å². The van der Waals surface area contributed by atoms with Crippen LogP contribution in [0.1, 0.15) is 66.2 Å². The molecule has 0 radical (unpaired) electrons. The van der Waals surface area contributed by atoms with Crippen LogP contribution in [0.25, 0.3) is 0 Å². The number of carbonyl (C=O) groups is 1. The molecule has 0 amide bonds. The van der Waals surface area contributed by atoms with Crippen molar-refractivity contribution in [3.05, 3.63) is 11.6 Å². The van der Waals surface area contributed by atoms with Gasteiger partial charge in [-0.25, -0.2) is 4.79 Å². The number of rotatable bonds is 10. The highest BCUT2D eigenvalue weighted by molar-refractivity contribution is 5.76. The fourth-order valence-corrected chi connectivity index (χ4v) is 5.51. The average molecular weight is 577 g/mol. The van der Waals surface area contributed by atoms with Crippen LogP contribution in [0.5, 0.6) is 0 Å². The topological polar surface area (TPSA) is 142 Å². The van der Waals surface area contributed by atoms with Crippen LogP contribution in [0.15, 0.2) is 11.6 Å². The van der Waals surface area contributed by atoms with Gasteiger partial charge in [-0.15, -0.1) is 0 Å². The van der Waals surface area contributed by atoms with Gasteiger partial charge in [0.05, 0.1) is 30.5 Å². The number of aliphatic hydroxyl groups is 3. The van der Waals surface area contributed by atoms with E-state index >= 15 is 0 Å². The van der Waals surface area contributed by atoms with Gasteiger partial charge in [0, 0.05) is 78.5 Å². The molecule has 2 rings (SSSR count). The SMILES string of the molecule is CC[C@@H](/C=C(\C)[C@@H]1C[C@@H](OC)CC(O)C(C)(C)C2(O)C[C@H](OC)C[C@H](C[C@@H](OC)[C@@H](OCOC)C(=O)O1)O2)CO. The fraction of sp³-hybridized carbons (Fsp3) is 0.897. The van der Waals surface area contributed by atoms with Crippen LogP contribution in [0, 0.1) is 11.3 Å². The molecule has 2 fully saturated rings. The number of hydrogen-bond acceptors (Lipinski definition) is 11. The zero-order valence-corrected chi connectivity index (χ0v) is 25.5. The predicted octanol–water partition coefficient (Wildman–Crippen LogP) is 2.34. The number of cyclic esters (lactones) is 1. The van der Waals surface area contributed by atoms with E-state index in [1.807, 2.05) is 19.9 Å². The zero-order chi connectivity index (χ0) is 30.1. The molecule has 3 N–H and O–H groups in total. The smallest absolute Gasteiger partial charge is 0.338 e. The van der Waals surface area contributed by atoms with Crippen molar-refractivity contribution in [3.63, 3.8) is 0 Å². The first-order chi connectivity index (χ1) is 18.9. The molecule has 2 unspecified atom stereocenters. The zero-order valence-electron chi connectivity index (χ0n) is 25.5. The molecule has 234 valence electrons. The van der Waals surface area contributed by atoms with Crippen molar-refractivity contribution < 1.29 is 53.3 Å². The lowest BCUT2D eigenvalue weighted by Crippen LogP contribution is -2.60. The summed E-state index contributed by atoms with van der Waals surface area (Å²) in [4.78, 5) is 13.7. The van der Waals surface area contributed by atoms with E-state index in [1.165, 1.54) is 21.3 Å². The molecule has 2 heterocycles. The maximum Gasteiger partial charge on any atom is 0.338 e. The normalized spacial score (nSPS) is 36.9. The second kappa shape index (κ2) is 15.9. The summed E-state index contributed by atoms with van der Waals surface area (Å²) in [5.74, 6) is -2.49. The Kier molecular flexibility index (Phi) is 13.9. The van der Waals surface area contributed by atoms with E-state index in [2.05, 4.69) is 0 Å². The van der Waals surface area contributed by atoms with Gasteiger partial charge < -0.3 is 48.5 Å². The van der Waals surface area contributed by atoms with Crippen molar-refractivity contribution in [3.8, 4) is 0 Å². The van der Waals surface area contributed by atoms with Crippen molar-refractivity contribution in [2.24, 2.45) is 11.3 Å². The molecule has 2 bridgehead atoms. The lowest BCUT2D eigenvalue weighted by atomic mass is 9.71. The number of aliphatic hydroxyl groups excluding tert-OH is 2. The second-order valence-electron chi connectivity index (χ2n) is 11.6. The molecule has 0 aliphatic carbocycles. The van der Waals surface area contributed by atoms with Gasteiger partial charge in [-0.1, -0.05) is 26.8 Å². The van der Waals surface area contributed by atoms with E-state index < -0.39 is 53.8 Å². The molecule has 11 heteroatoms. The number of esters is 1. The van der Waals surface area contributed by atoms with Crippen molar-refractivity contribution >= 4 is 5.97 Å². The molecule has 0 aromatic heterocycles. The molecule has 0 saturated carbocycles.